The molecule has 0 aliphatic carbocycles. The van der Waals surface area contributed by atoms with Crippen LogP contribution in [0.3, 0.4) is 0 Å². The highest BCUT2D eigenvalue weighted by Crippen LogP contribution is 2.27. The summed E-state index contributed by atoms with van der Waals surface area (Å²) >= 11 is 1.74. The van der Waals surface area contributed by atoms with E-state index in [-0.39, 0.29) is 0 Å². The Labute approximate surface area is 57.8 Å². The SMILES string of the molecule is C[C@H](NC1CS1)C(=O)O. The summed E-state index contributed by atoms with van der Waals surface area (Å²) < 4.78 is 0. The van der Waals surface area contributed by atoms with Crippen LogP contribution >= 0.6 is 11.8 Å². The van der Waals surface area contributed by atoms with Crippen molar-refractivity contribution in [2.75, 3.05) is 5.75 Å². The fourth-order valence-electron chi connectivity index (χ4n) is 0.494. The van der Waals surface area contributed by atoms with E-state index in [0.29, 0.717) is 5.37 Å². The van der Waals surface area contributed by atoms with Gasteiger partial charge >= 0.3 is 5.97 Å². The predicted molar refractivity (Wildman–Crippen MR) is 36.5 cm³/mol. The lowest BCUT2D eigenvalue weighted by molar-refractivity contribution is -0.138. The third kappa shape index (κ3) is 2.24. The molecule has 0 saturated carbocycles. The van der Waals surface area contributed by atoms with Crippen molar-refractivity contribution in [3.63, 3.8) is 0 Å². The molecule has 0 aromatic heterocycles. The van der Waals surface area contributed by atoms with E-state index in [9.17, 15) is 4.79 Å². The van der Waals surface area contributed by atoms with Crippen molar-refractivity contribution >= 4 is 17.7 Å². The molecule has 1 fully saturated rings. The molecule has 0 bridgehead atoms. The standard InChI is InChI=1S/C5H9NO2S/c1-3(5(7)8)6-4-2-9-4/h3-4,6H,2H2,1H3,(H,7,8)/t3-,4?/m0/s1. The van der Waals surface area contributed by atoms with Crippen LogP contribution in [0.15, 0.2) is 0 Å². The molecule has 52 valence electrons. The van der Waals surface area contributed by atoms with Gasteiger partial charge in [-0.05, 0) is 6.92 Å². The first-order valence-corrected chi connectivity index (χ1v) is 3.85. The average molecular weight is 147 g/mol. The molecule has 3 nitrogen and oxygen atoms in total. The van der Waals surface area contributed by atoms with Gasteiger partial charge in [0, 0.05) is 5.75 Å². The van der Waals surface area contributed by atoms with Crippen molar-refractivity contribution in [2.24, 2.45) is 0 Å². The molecule has 1 unspecified atom stereocenters. The summed E-state index contributed by atoms with van der Waals surface area (Å²) in [6.07, 6.45) is 0. The molecular formula is C5H9NO2S. The van der Waals surface area contributed by atoms with Crippen molar-refractivity contribution in [3.8, 4) is 0 Å². The number of carboxylic acid groups (broad SMARTS) is 1. The van der Waals surface area contributed by atoms with Crippen LogP contribution in [0, 0.1) is 0 Å². The van der Waals surface area contributed by atoms with Crippen molar-refractivity contribution in [1.82, 2.24) is 5.32 Å². The monoisotopic (exact) mass is 147 g/mol. The number of rotatable bonds is 3. The second kappa shape index (κ2) is 2.58. The lowest BCUT2D eigenvalue weighted by Gasteiger charge is -2.04. The largest absolute Gasteiger partial charge is 0.480 e. The first kappa shape index (κ1) is 6.89. The van der Waals surface area contributed by atoms with Crippen molar-refractivity contribution < 1.29 is 9.90 Å². The maximum absolute atomic E-state index is 10.2. The second-order valence-corrected chi connectivity index (χ2v) is 3.28. The van der Waals surface area contributed by atoms with E-state index in [4.69, 9.17) is 5.11 Å². The lowest BCUT2D eigenvalue weighted by Crippen LogP contribution is -2.35. The quantitative estimate of drug-likeness (QED) is 0.557. The van der Waals surface area contributed by atoms with Gasteiger partial charge in [0.2, 0.25) is 0 Å². The minimum absolute atomic E-state index is 0.398. The second-order valence-electron chi connectivity index (χ2n) is 2.05. The number of hydrogen-bond donors (Lipinski definition) is 2. The molecule has 1 heterocycles. The van der Waals surface area contributed by atoms with Gasteiger partial charge in [-0.15, -0.1) is 11.8 Å². The Morgan fingerprint density at radius 1 is 2.00 bits per heavy atom. The molecule has 1 aliphatic rings. The normalized spacial score (nSPS) is 27.4. The zero-order chi connectivity index (χ0) is 6.85. The molecule has 9 heavy (non-hydrogen) atoms. The predicted octanol–water partition coefficient (Wildman–Crippen LogP) is 0.122. The van der Waals surface area contributed by atoms with E-state index >= 15 is 0 Å². The van der Waals surface area contributed by atoms with Crippen LogP contribution < -0.4 is 5.32 Å². The Bertz CT molecular complexity index is 124. The number of carbonyl (C=O) groups is 1. The Hall–Kier alpha value is -0.220. The summed E-state index contributed by atoms with van der Waals surface area (Å²) in [5.74, 6) is 0.278. The van der Waals surface area contributed by atoms with Gasteiger partial charge in [0.25, 0.3) is 0 Å². The maximum Gasteiger partial charge on any atom is 0.320 e. The van der Waals surface area contributed by atoms with Gasteiger partial charge in [0.1, 0.15) is 6.04 Å². The number of carboxylic acids is 1. The summed E-state index contributed by atoms with van der Waals surface area (Å²) in [5.41, 5.74) is 0. The number of nitrogens with one attached hydrogen (secondary N) is 1. The molecule has 2 atom stereocenters. The fourth-order valence-corrected chi connectivity index (χ4v) is 0.987. The Balaban J connectivity index is 2.16. The van der Waals surface area contributed by atoms with Gasteiger partial charge in [-0.25, -0.2) is 0 Å². The highest BCUT2D eigenvalue weighted by molar-refractivity contribution is 8.06. The van der Waals surface area contributed by atoms with E-state index in [1.54, 1.807) is 18.7 Å². The minimum Gasteiger partial charge on any atom is -0.480 e. The third-order valence-electron chi connectivity index (χ3n) is 1.14. The maximum atomic E-state index is 10.2. The van der Waals surface area contributed by atoms with E-state index < -0.39 is 12.0 Å². The van der Waals surface area contributed by atoms with Crippen LogP contribution in [-0.4, -0.2) is 28.2 Å². The van der Waals surface area contributed by atoms with Crippen LogP contribution in [0.2, 0.25) is 0 Å². The summed E-state index contributed by atoms with van der Waals surface area (Å²) in [6.45, 7) is 1.65. The third-order valence-corrected chi connectivity index (χ3v) is 1.94. The van der Waals surface area contributed by atoms with Crippen LogP contribution in [0.1, 0.15) is 6.92 Å². The van der Waals surface area contributed by atoms with Gasteiger partial charge in [0.05, 0.1) is 5.37 Å². The van der Waals surface area contributed by atoms with E-state index in [1.807, 2.05) is 0 Å². The van der Waals surface area contributed by atoms with E-state index in [0.717, 1.165) is 5.75 Å². The molecule has 0 aromatic rings. The summed E-state index contributed by atoms with van der Waals surface area (Å²) in [4.78, 5) is 10.2. The highest BCUT2D eigenvalue weighted by Gasteiger charge is 2.25. The number of hydrogen-bond acceptors (Lipinski definition) is 3. The highest BCUT2D eigenvalue weighted by atomic mass is 32.2. The van der Waals surface area contributed by atoms with Gasteiger partial charge in [-0.3, -0.25) is 10.1 Å². The van der Waals surface area contributed by atoms with Crippen molar-refractivity contribution in [2.45, 2.75) is 18.3 Å². The molecule has 1 saturated heterocycles. The summed E-state index contributed by atoms with van der Waals surface area (Å²) in [5, 5.41) is 11.7. The molecule has 1 rings (SSSR count). The Morgan fingerprint density at radius 2 is 2.56 bits per heavy atom. The van der Waals surface area contributed by atoms with Gasteiger partial charge < -0.3 is 5.11 Å². The molecule has 1 aliphatic heterocycles. The zero-order valence-electron chi connectivity index (χ0n) is 5.13. The average Bonchev–Trinajstić information content (AvgIpc) is 2.50. The summed E-state index contributed by atoms with van der Waals surface area (Å²) in [6, 6.07) is -0.398. The van der Waals surface area contributed by atoms with Crippen molar-refractivity contribution in [1.29, 1.82) is 0 Å². The van der Waals surface area contributed by atoms with E-state index in [1.165, 1.54) is 0 Å². The van der Waals surface area contributed by atoms with Crippen LogP contribution in [0.25, 0.3) is 0 Å². The molecular weight excluding hydrogens is 138 g/mol. The topological polar surface area (TPSA) is 49.3 Å². The van der Waals surface area contributed by atoms with Crippen LogP contribution in [-0.2, 0) is 4.79 Å². The first-order valence-electron chi connectivity index (χ1n) is 2.80. The van der Waals surface area contributed by atoms with Gasteiger partial charge in [0.15, 0.2) is 0 Å². The van der Waals surface area contributed by atoms with Gasteiger partial charge in [-0.1, -0.05) is 0 Å². The van der Waals surface area contributed by atoms with Crippen LogP contribution in [0.4, 0.5) is 0 Å². The molecule has 0 aromatic carbocycles. The Kier molecular flexibility index (Phi) is 1.97. The smallest absolute Gasteiger partial charge is 0.320 e. The first-order chi connectivity index (χ1) is 4.20. The van der Waals surface area contributed by atoms with Crippen molar-refractivity contribution in [3.05, 3.63) is 0 Å². The molecule has 0 amide bonds. The number of aliphatic carboxylic acids is 1. The lowest BCUT2D eigenvalue weighted by atomic mass is 10.3. The van der Waals surface area contributed by atoms with Gasteiger partial charge in [-0.2, -0.15) is 0 Å². The summed E-state index contributed by atoms with van der Waals surface area (Å²) in [7, 11) is 0. The fraction of sp³-hybridized carbons (Fsp3) is 0.800. The van der Waals surface area contributed by atoms with Crippen LogP contribution in [0.5, 0.6) is 0 Å². The Morgan fingerprint density at radius 3 is 2.89 bits per heavy atom. The molecule has 0 spiro atoms. The minimum atomic E-state index is -0.775. The molecule has 4 heteroatoms. The van der Waals surface area contributed by atoms with E-state index in [2.05, 4.69) is 5.32 Å². The zero-order valence-corrected chi connectivity index (χ0v) is 5.94. The number of thioether (sulfide) groups is 1. The molecule has 2 N–H and O–H groups in total. The molecule has 0 radical (unpaired) electrons.